The monoisotopic (exact) mass is 261 g/mol. The van der Waals surface area contributed by atoms with E-state index in [4.69, 9.17) is 16.3 Å². The van der Waals surface area contributed by atoms with Crippen LogP contribution in [0.5, 0.6) is 0 Å². The van der Waals surface area contributed by atoms with Gasteiger partial charge in [0.25, 0.3) is 0 Å². The molecule has 0 radical (unpaired) electrons. The number of nitrogens with zero attached hydrogens (tertiary/aromatic N) is 1. The highest BCUT2D eigenvalue weighted by Gasteiger charge is 2.15. The van der Waals surface area contributed by atoms with Gasteiger partial charge in [-0.15, -0.1) is 0 Å². The summed E-state index contributed by atoms with van der Waals surface area (Å²) in [7, 11) is 0. The first-order valence-electron chi connectivity index (χ1n) is 5.60. The molecule has 3 nitrogen and oxygen atoms in total. The van der Waals surface area contributed by atoms with E-state index in [0.717, 1.165) is 5.56 Å². The van der Waals surface area contributed by atoms with Crippen molar-refractivity contribution in [2.24, 2.45) is 0 Å². The number of aromatic nitrogens is 1. The van der Waals surface area contributed by atoms with Gasteiger partial charge in [0.15, 0.2) is 0 Å². The molecule has 18 heavy (non-hydrogen) atoms. The molecule has 0 fully saturated rings. The van der Waals surface area contributed by atoms with Gasteiger partial charge in [0.1, 0.15) is 0 Å². The molecule has 0 bridgehead atoms. The zero-order valence-electron chi connectivity index (χ0n) is 9.89. The summed E-state index contributed by atoms with van der Waals surface area (Å²) in [6.45, 7) is 2.11. The first-order valence-corrected chi connectivity index (χ1v) is 5.98. The third-order valence-electron chi connectivity index (χ3n) is 2.48. The Hall–Kier alpha value is -1.87. The highest BCUT2D eigenvalue weighted by Crippen LogP contribution is 2.29. The van der Waals surface area contributed by atoms with Gasteiger partial charge >= 0.3 is 5.97 Å². The number of hydrogen-bond donors (Lipinski definition) is 0. The molecule has 1 aromatic carbocycles. The lowest BCUT2D eigenvalue weighted by molar-refractivity contribution is 0.0527. The van der Waals surface area contributed by atoms with Crippen LogP contribution in [0, 0.1) is 0 Å². The molecule has 0 saturated heterocycles. The summed E-state index contributed by atoms with van der Waals surface area (Å²) in [6, 6.07) is 8.97. The number of carbonyl (C=O) groups is 1. The molecule has 0 aliphatic heterocycles. The van der Waals surface area contributed by atoms with Gasteiger partial charge in [0.05, 0.1) is 12.2 Å². The highest BCUT2D eigenvalue weighted by molar-refractivity contribution is 6.33. The minimum atomic E-state index is -0.366. The predicted molar refractivity (Wildman–Crippen MR) is 70.6 cm³/mol. The second-order valence-corrected chi connectivity index (χ2v) is 4.03. The van der Waals surface area contributed by atoms with E-state index in [2.05, 4.69) is 4.98 Å². The van der Waals surface area contributed by atoms with Gasteiger partial charge in [-0.25, -0.2) is 4.79 Å². The van der Waals surface area contributed by atoms with E-state index in [1.54, 1.807) is 31.5 Å². The maximum atomic E-state index is 11.9. The summed E-state index contributed by atoms with van der Waals surface area (Å²) in [6.07, 6.45) is 3.18. The van der Waals surface area contributed by atoms with E-state index in [1.165, 1.54) is 0 Å². The Balaban J connectivity index is 2.52. The van der Waals surface area contributed by atoms with E-state index in [9.17, 15) is 4.79 Å². The Morgan fingerprint density at radius 1 is 1.28 bits per heavy atom. The molecule has 4 heteroatoms. The maximum Gasteiger partial charge on any atom is 0.338 e. The number of benzene rings is 1. The van der Waals surface area contributed by atoms with Crippen LogP contribution in [0.1, 0.15) is 17.3 Å². The summed E-state index contributed by atoms with van der Waals surface area (Å²) in [4.78, 5) is 15.9. The highest BCUT2D eigenvalue weighted by atomic mass is 35.5. The summed E-state index contributed by atoms with van der Waals surface area (Å²) < 4.78 is 5.02. The molecule has 92 valence electrons. The van der Waals surface area contributed by atoms with Gasteiger partial charge in [-0.1, -0.05) is 29.8 Å². The number of pyridine rings is 1. The number of ether oxygens (including phenoxy) is 1. The van der Waals surface area contributed by atoms with Gasteiger partial charge in [-0.3, -0.25) is 4.98 Å². The van der Waals surface area contributed by atoms with Gasteiger partial charge in [-0.2, -0.15) is 0 Å². The van der Waals surface area contributed by atoms with E-state index in [1.807, 2.05) is 18.2 Å². The second-order valence-electron chi connectivity index (χ2n) is 3.62. The molecule has 0 aliphatic carbocycles. The standard InChI is InChI=1S/C14H12ClNO2/c1-2-18-14(17)11-7-8-16-9-12(11)10-5-3-4-6-13(10)15/h3-9H,2H2,1H3. The van der Waals surface area contributed by atoms with Crippen molar-refractivity contribution in [2.45, 2.75) is 6.92 Å². The summed E-state index contributed by atoms with van der Waals surface area (Å²) in [5.74, 6) is -0.366. The molecule has 2 aromatic rings. The molecule has 0 amide bonds. The normalized spacial score (nSPS) is 10.1. The SMILES string of the molecule is CCOC(=O)c1ccncc1-c1ccccc1Cl. The van der Waals surface area contributed by atoms with Crippen LogP contribution in [-0.2, 0) is 4.74 Å². The fourth-order valence-electron chi connectivity index (χ4n) is 1.68. The number of hydrogen-bond acceptors (Lipinski definition) is 3. The van der Waals surface area contributed by atoms with Gasteiger partial charge in [-0.05, 0) is 19.1 Å². The summed E-state index contributed by atoms with van der Waals surface area (Å²) in [5, 5.41) is 0.580. The third kappa shape index (κ3) is 2.51. The van der Waals surface area contributed by atoms with Crippen molar-refractivity contribution in [1.82, 2.24) is 4.98 Å². The number of halogens is 1. The van der Waals surface area contributed by atoms with E-state index in [-0.39, 0.29) is 5.97 Å². The average molecular weight is 262 g/mol. The smallest absolute Gasteiger partial charge is 0.338 e. The van der Waals surface area contributed by atoms with Crippen LogP contribution in [0.15, 0.2) is 42.7 Å². The Morgan fingerprint density at radius 2 is 2.06 bits per heavy atom. The molecule has 0 unspecified atom stereocenters. The van der Waals surface area contributed by atoms with Crippen LogP contribution in [0.2, 0.25) is 5.02 Å². The molecule has 0 N–H and O–H groups in total. The van der Waals surface area contributed by atoms with Crippen LogP contribution in [0.25, 0.3) is 11.1 Å². The van der Waals surface area contributed by atoms with Crippen molar-refractivity contribution in [3.8, 4) is 11.1 Å². The molecule has 0 aliphatic rings. The number of rotatable bonds is 3. The Morgan fingerprint density at radius 3 is 2.78 bits per heavy atom. The van der Waals surface area contributed by atoms with Crippen molar-refractivity contribution in [3.05, 3.63) is 53.3 Å². The van der Waals surface area contributed by atoms with Crippen molar-refractivity contribution in [1.29, 1.82) is 0 Å². The molecule has 2 rings (SSSR count). The largest absolute Gasteiger partial charge is 0.462 e. The predicted octanol–water partition coefficient (Wildman–Crippen LogP) is 3.58. The van der Waals surface area contributed by atoms with E-state index in [0.29, 0.717) is 22.8 Å². The van der Waals surface area contributed by atoms with Crippen molar-refractivity contribution >= 4 is 17.6 Å². The molecule has 1 aromatic heterocycles. The minimum Gasteiger partial charge on any atom is -0.462 e. The lowest BCUT2D eigenvalue weighted by Gasteiger charge is -2.09. The van der Waals surface area contributed by atoms with Gasteiger partial charge in [0, 0.05) is 28.5 Å². The lowest BCUT2D eigenvalue weighted by atomic mass is 10.0. The number of carbonyl (C=O) groups excluding carboxylic acids is 1. The third-order valence-corrected chi connectivity index (χ3v) is 2.81. The first-order chi connectivity index (χ1) is 8.74. The number of esters is 1. The average Bonchev–Trinajstić information content (AvgIpc) is 2.40. The fraction of sp³-hybridized carbons (Fsp3) is 0.143. The van der Waals surface area contributed by atoms with Crippen LogP contribution in [-0.4, -0.2) is 17.6 Å². The van der Waals surface area contributed by atoms with Crippen LogP contribution in [0.4, 0.5) is 0 Å². The van der Waals surface area contributed by atoms with Crippen LogP contribution in [0.3, 0.4) is 0 Å². The lowest BCUT2D eigenvalue weighted by Crippen LogP contribution is -2.06. The van der Waals surface area contributed by atoms with Gasteiger partial charge < -0.3 is 4.74 Å². The molecule has 1 heterocycles. The molecule has 0 saturated carbocycles. The Labute approximate surface area is 110 Å². The summed E-state index contributed by atoms with van der Waals surface area (Å²) in [5.41, 5.74) is 1.93. The zero-order valence-corrected chi connectivity index (χ0v) is 10.6. The molecular formula is C14H12ClNO2. The van der Waals surface area contributed by atoms with E-state index >= 15 is 0 Å². The molecule has 0 atom stereocenters. The minimum absolute atomic E-state index is 0.336. The quantitative estimate of drug-likeness (QED) is 0.793. The van der Waals surface area contributed by atoms with Crippen molar-refractivity contribution in [2.75, 3.05) is 6.61 Å². The van der Waals surface area contributed by atoms with Crippen molar-refractivity contribution < 1.29 is 9.53 Å². The molecule has 0 spiro atoms. The second kappa shape index (κ2) is 5.65. The Bertz CT molecular complexity index is 569. The fourth-order valence-corrected chi connectivity index (χ4v) is 1.91. The van der Waals surface area contributed by atoms with Crippen LogP contribution < -0.4 is 0 Å². The zero-order chi connectivity index (χ0) is 13.0. The maximum absolute atomic E-state index is 11.9. The van der Waals surface area contributed by atoms with Crippen molar-refractivity contribution in [3.63, 3.8) is 0 Å². The molecular weight excluding hydrogens is 250 g/mol. The van der Waals surface area contributed by atoms with E-state index < -0.39 is 0 Å². The Kier molecular flexibility index (Phi) is 3.95. The topological polar surface area (TPSA) is 39.2 Å². The first kappa shape index (κ1) is 12.6. The summed E-state index contributed by atoms with van der Waals surface area (Å²) >= 11 is 6.13. The van der Waals surface area contributed by atoms with Crippen LogP contribution >= 0.6 is 11.6 Å². The van der Waals surface area contributed by atoms with Gasteiger partial charge in [0.2, 0.25) is 0 Å².